The molecular formula is C10H22N2O3. The van der Waals surface area contributed by atoms with Gasteiger partial charge in [-0.3, -0.25) is 0 Å². The summed E-state index contributed by atoms with van der Waals surface area (Å²) in [5.74, 6) is 0.474. The van der Waals surface area contributed by atoms with Crippen LogP contribution in [0.25, 0.3) is 0 Å². The highest BCUT2D eigenvalue weighted by Crippen LogP contribution is 1.89. The highest BCUT2D eigenvalue weighted by molar-refractivity contribution is 5.72. The van der Waals surface area contributed by atoms with E-state index in [1.165, 1.54) is 0 Å². The van der Waals surface area contributed by atoms with Crippen molar-refractivity contribution in [3.05, 3.63) is 0 Å². The topological polar surface area (TPSA) is 63.1 Å². The fourth-order valence-electron chi connectivity index (χ4n) is 0.880. The van der Waals surface area contributed by atoms with Crippen LogP contribution in [-0.2, 0) is 9.57 Å². The number of oxime groups is 1. The third kappa shape index (κ3) is 9.49. The summed E-state index contributed by atoms with van der Waals surface area (Å²) in [7, 11) is 0. The Morgan fingerprint density at radius 1 is 1.47 bits per heavy atom. The van der Waals surface area contributed by atoms with E-state index in [1.54, 1.807) is 6.92 Å². The number of nitrogens with one attached hydrogen (secondary N) is 1. The van der Waals surface area contributed by atoms with Gasteiger partial charge in [-0.05, 0) is 6.92 Å². The Balaban J connectivity index is 3.53. The molecule has 1 unspecified atom stereocenters. The zero-order valence-electron chi connectivity index (χ0n) is 9.99. The van der Waals surface area contributed by atoms with Crippen molar-refractivity contribution < 1.29 is 14.7 Å². The van der Waals surface area contributed by atoms with Crippen molar-refractivity contribution in [2.24, 2.45) is 5.16 Å². The zero-order valence-corrected chi connectivity index (χ0v) is 9.99. The van der Waals surface area contributed by atoms with Crippen LogP contribution < -0.4 is 5.32 Å². The Hall–Kier alpha value is -0.810. The van der Waals surface area contributed by atoms with Gasteiger partial charge in [0.2, 0.25) is 5.90 Å². The predicted octanol–water partition coefficient (Wildman–Crippen LogP) is 0.732. The minimum Gasteiger partial charge on any atom is -0.479 e. The molecule has 5 heteroatoms. The van der Waals surface area contributed by atoms with Crippen LogP contribution in [0.15, 0.2) is 5.16 Å². The van der Waals surface area contributed by atoms with Crippen molar-refractivity contribution in [2.45, 2.75) is 39.8 Å². The summed E-state index contributed by atoms with van der Waals surface area (Å²) in [5, 5.41) is 16.2. The van der Waals surface area contributed by atoms with E-state index in [4.69, 9.17) is 9.57 Å². The summed E-state index contributed by atoms with van der Waals surface area (Å²) in [6.07, 6.45) is -0.550. The summed E-state index contributed by atoms with van der Waals surface area (Å²) in [6, 6.07) is 0.355. The Kier molecular flexibility index (Phi) is 8.04. The highest BCUT2D eigenvalue weighted by atomic mass is 16.7. The molecule has 0 rings (SSSR count). The molecule has 0 saturated carbocycles. The smallest absolute Gasteiger partial charge is 0.222 e. The molecule has 0 amide bonds. The van der Waals surface area contributed by atoms with Crippen LogP contribution in [0.4, 0.5) is 0 Å². The van der Waals surface area contributed by atoms with Crippen molar-refractivity contribution >= 4 is 5.90 Å². The van der Waals surface area contributed by atoms with Gasteiger partial charge >= 0.3 is 0 Å². The molecule has 0 aromatic rings. The molecule has 0 aliphatic carbocycles. The number of hydrogen-bond acceptors (Lipinski definition) is 5. The average molecular weight is 218 g/mol. The van der Waals surface area contributed by atoms with E-state index >= 15 is 0 Å². The molecule has 0 heterocycles. The number of ether oxygens (including phenoxy) is 1. The molecule has 0 aliphatic heterocycles. The van der Waals surface area contributed by atoms with Crippen LogP contribution in [0.5, 0.6) is 0 Å². The van der Waals surface area contributed by atoms with E-state index in [-0.39, 0.29) is 6.61 Å². The number of aliphatic hydroxyl groups excluding tert-OH is 1. The van der Waals surface area contributed by atoms with E-state index in [0.29, 0.717) is 25.1 Å². The molecule has 0 saturated heterocycles. The normalized spacial score (nSPS) is 14.1. The van der Waals surface area contributed by atoms with Crippen LogP contribution >= 0.6 is 0 Å². The number of rotatable bonds is 7. The Bertz CT molecular complexity index is 184. The van der Waals surface area contributed by atoms with Gasteiger partial charge in [-0.1, -0.05) is 19.0 Å². The SMILES string of the molecule is CCO/C(C)=N\OCC(O)CNC(C)C. The fourth-order valence-corrected chi connectivity index (χ4v) is 0.880. The number of aliphatic hydroxyl groups is 1. The zero-order chi connectivity index (χ0) is 11.7. The van der Waals surface area contributed by atoms with Crippen LogP contribution in [0, 0.1) is 0 Å². The van der Waals surface area contributed by atoms with Gasteiger partial charge in [-0.15, -0.1) is 0 Å². The van der Waals surface area contributed by atoms with Gasteiger partial charge in [0.1, 0.15) is 12.7 Å². The lowest BCUT2D eigenvalue weighted by Crippen LogP contribution is -2.34. The molecule has 5 nitrogen and oxygen atoms in total. The van der Waals surface area contributed by atoms with Crippen molar-refractivity contribution in [3.8, 4) is 0 Å². The number of nitrogens with zero attached hydrogens (tertiary/aromatic N) is 1. The van der Waals surface area contributed by atoms with Crippen molar-refractivity contribution in [1.82, 2.24) is 5.32 Å². The first-order valence-corrected chi connectivity index (χ1v) is 5.27. The van der Waals surface area contributed by atoms with Crippen LogP contribution in [-0.4, -0.2) is 42.9 Å². The van der Waals surface area contributed by atoms with E-state index in [9.17, 15) is 5.11 Å². The largest absolute Gasteiger partial charge is 0.479 e. The van der Waals surface area contributed by atoms with Gasteiger partial charge in [-0.2, -0.15) is 0 Å². The van der Waals surface area contributed by atoms with E-state index in [0.717, 1.165) is 0 Å². The maximum atomic E-state index is 9.44. The monoisotopic (exact) mass is 218 g/mol. The van der Waals surface area contributed by atoms with Crippen LogP contribution in [0.1, 0.15) is 27.7 Å². The van der Waals surface area contributed by atoms with Crippen LogP contribution in [0.3, 0.4) is 0 Å². The summed E-state index contributed by atoms with van der Waals surface area (Å²) in [5.41, 5.74) is 0. The van der Waals surface area contributed by atoms with Gasteiger partial charge in [-0.25, -0.2) is 0 Å². The summed E-state index contributed by atoms with van der Waals surface area (Å²) in [4.78, 5) is 4.92. The minimum absolute atomic E-state index is 0.171. The Labute approximate surface area is 91.4 Å². The quantitative estimate of drug-likeness (QED) is 0.376. The van der Waals surface area contributed by atoms with Crippen LogP contribution in [0.2, 0.25) is 0 Å². The second-order valence-corrected chi connectivity index (χ2v) is 3.56. The Morgan fingerprint density at radius 2 is 2.13 bits per heavy atom. The molecule has 0 aliphatic rings. The molecule has 0 bridgehead atoms. The molecule has 15 heavy (non-hydrogen) atoms. The first kappa shape index (κ1) is 14.2. The van der Waals surface area contributed by atoms with Crippen molar-refractivity contribution in [2.75, 3.05) is 19.8 Å². The standard InChI is InChI=1S/C10H22N2O3/c1-5-14-9(4)12-15-7-10(13)6-11-8(2)3/h8,10-11,13H,5-7H2,1-4H3/b12-9-. The maximum absolute atomic E-state index is 9.44. The van der Waals surface area contributed by atoms with Crippen molar-refractivity contribution in [1.29, 1.82) is 0 Å². The van der Waals surface area contributed by atoms with Gasteiger partial charge in [0, 0.05) is 19.5 Å². The Morgan fingerprint density at radius 3 is 2.67 bits per heavy atom. The molecular weight excluding hydrogens is 196 g/mol. The fraction of sp³-hybridized carbons (Fsp3) is 0.900. The van der Waals surface area contributed by atoms with E-state index in [1.807, 2.05) is 20.8 Å². The third-order valence-corrected chi connectivity index (χ3v) is 1.57. The summed E-state index contributed by atoms with van der Waals surface area (Å²) < 4.78 is 5.05. The highest BCUT2D eigenvalue weighted by Gasteiger charge is 2.05. The van der Waals surface area contributed by atoms with E-state index < -0.39 is 6.10 Å². The van der Waals surface area contributed by atoms with E-state index in [2.05, 4.69) is 10.5 Å². The molecule has 0 aromatic heterocycles. The molecule has 0 aromatic carbocycles. The first-order chi connectivity index (χ1) is 7.06. The average Bonchev–Trinajstić information content (AvgIpc) is 2.15. The molecule has 1 atom stereocenters. The molecule has 2 N–H and O–H groups in total. The summed E-state index contributed by atoms with van der Waals surface area (Å²) in [6.45, 7) is 8.86. The minimum atomic E-state index is -0.550. The third-order valence-electron chi connectivity index (χ3n) is 1.57. The molecule has 0 radical (unpaired) electrons. The predicted molar refractivity (Wildman–Crippen MR) is 59.8 cm³/mol. The van der Waals surface area contributed by atoms with Gasteiger partial charge in [0.25, 0.3) is 0 Å². The van der Waals surface area contributed by atoms with Gasteiger partial charge in [0.15, 0.2) is 0 Å². The number of hydrogen-bond donors (Lipinski definition) is 2. The van der Waals surface area contributed by atoms with Crippen molar-refractivity contribution in [3.63, 3.8) is 0 Å². The molecule has 90 valence electrons. The van der Waals surface area contributed by atoms with Gasteiger partial charge < -0.3 is 20.0 Å². The summed E-state index contributed by atoms with van der Waals surface area (Å²) >= 11 is 0. The maximum Gasteiger partial charge on any atom is 0.222 e. The second-order valence-electron chi connectivity index (χ2n) is 3.56. The lowest BCUT2D eigenvalue weighted by Gasteiger charge is -2.12. The first-order valence-electron chi connectivity index (χ1n) is 5.27. The molecule has 0 spiro atoms. The van der Waals surface area contributed by atoms with Gasteiger partial charge in [0.05, 0.1) is 6.61 Å². The second kappa shape index (κ2) is 8.49. The molecule has 0 fully saturated rings. The lowest BCUT2D eigenvalue weighted by molar-refractivity contribution is 0.0358. The lowest BCUT2D eigenvalue weighted by atomic mass is 10.3.